The maximum Gasteiger partial charge on any atom is 0.131 e. The van der Waals surface area contributed by atoms with Crippen LogP contribution in [0.25, 0.3) is 32.4 Å². The number of aliphatic hydroxyl groups is 1. The minimum absolute atomic E-state index is 0.0921. The van der Waals surface area contributed by atoms with Gasteiger partial charge in [-0.2, -0.15) is 0 Å². The fourth-order valence-corrected chi connectivity index (χ4v) is 7.71. The van der Waals surface area contributed by atoms with Gasteiger partial charge in [-0.25, -0.2) is 0 Å². The van der Waals surface area contributed by atoms with Crippen molar-refractivity contribution < 1.29 is 14.3 Å². The highest BCUT2D eigenvalue weighted by Gasteiger charge is 2.54. The molecule has 0 saturated carbocycles. The van der Waals surface area contributed by atoms with Gasteiger partial charge in [0.25, 0.3) is 0 Å². The molecular formula is C35H35N2O2+. The fraction of sp³-hybridized carbons (Fsp3) is 0.286. The van der Waals surface area contributed by atoms with Gasteiger partial charge in [-0.05, 0) is 63.4 Å². The van der Waals surface area contributed by atoms with E-state index in [2.05, 4.69) is 72.2 Å². The molecule has 0 amide bonds. The summed E-state index contributed by atoms with van der Waals surface area (Å²) in [6, 6.07) is 27.9. The number of fused-ring (bicyclic) bond motifs is 6. The zero-order valence-corrected chi connectivity index (χ0v) is 22.5. The predicted octanol–water partition coefficient (Wildman–Crippen LogP) is 7.19. The van der Waals surface area contributed by atoms with Crippen LogP contribution in [0.3, 0.4) is 0 Å². The average Bonchev–Trinajstić information content (AvgIpc) is 3.00. The van der Waals surface area contributed by atoms with Crippen molar-refractivity contribution >= 4 is 32.4 Å². The van der Waals surface area contributed by atoms with Crippen LogP contribution < -0.4 is 4.74 Å². The fourth-order valence-electron chi connectivity index (χ4n) is 7.71. The normalized spacial score (nSPS) is 25.2. The standard InChI is InChI=1S/C35H35N2O2/c1-3-23-21-37(22-32-28-10-6-4-8-25(28)18-26-9-5-7-11-29(26)32)17-15-24(23)19-34(37)35(38)30-14-16-36-33-13-12-27(39-2)20-31(30)33/h3-14,16,18,20,23-24,34-35,38H,1,15,17,19,21-22H2,2H3/q+1. The van der Waals surface area contributed by atoms with E-state index in [1.54, 1.807) is 7.11 Å². The lowest BCUT2D eigenvalue weighted by atomic mass is 9.71. The molecule has 0 aliphatic carbocycles. The lowest BCUT2D eigenvalue weighted by Crippen LogP contribution is -2.67. The summed E-state index contributed by atoms with van der Waals surface area (Å²) in [6.07, 6.45) is 5.58. The highest BCUT2D eigenvalue weighted by Crippen LogP contribution is 2.49. The SMILES string of the molecule is C=CC1C[N+]2(Cc3c4ccccc4cc4ccccc34)CCC1CC2C(O)c1ccnc2ccc(OC)cc12. The summed E-state index contributed by atoms with van der Waals surface area (Å²) in [7, 11) is 1.68. The molecule has 3 aliphatic heterocycles. The van der Waals surface area contributed by atoms with Gasteiger partial charge < -0.3 is 14.3 Å². The van der Waals surface area contributed by atoms with Gasteiger partial charge in [0.05, 0.1) is 25.7 Å². The first-order valence-corrected chi connectivity index (χ1v) is 14.1. The molecule has 39 heavy (non-hydrogen) atoms. The number of piperidine rings is 3. The number of quaternary nitrogens is 1. The highest BCUT2D eigenvalue weighted by atomic mass is 16.5. The molecule has 3 aliphatic rings. The number of rotatable bonds is 6. The Labute approximate surface area is 229 Å². The molecule has 8 rings (SSSR count). The van der Waals surface area contributed by atoms with Crippen LogP contribution in [0, 0.1) is 11.8 Å². The number of aromatic nitrogens is 1. The number of benzene rings is 4. The van der Waals surface area contributed by atoms with Crippen LogP contribution in [0.1, 0.15) is 30.1 Å². The lowest BCUT2D eigenvalue weighted by Gasteiger charge is -2.58. The smallest absolute Gasteiger partial charge is 0.131 e. The van der Waals surface area contributed by atoms with Crippen molar-refractivity contribution in [2.24, 2.45) is 11.8 Å². The van der Waals surface area contributed by atoms with Gasteiger partial charge in [0, 0.05) is 35.9 Å². The van der Waals surface area contributed by atoms with Crippen molar-refractivity contribution in [2.75, 3.05) is 20.2 Å². The van der Waals surface area contributed by atoms with E-state index in [0.29, 0.717) is 11.8 Å². The Morgan fingerprint density at radius 1 is 1.00 bits per heavy atom. The Kier molecular flexibility index (Phi) is 5.91. The highest BCUT2D eigenvalue weighted by molar-refractivity contribution is 6.02. The van der Waals surface area contributed by atoms with Crippen LogP contribution in [0.4, 0.5) is 0 Å². The van der Waals surface area contributed by atoms with E-state index in [-0.39, 0.29) is 6.04 Å². The van der Waals surface area contributed by atoms with E-state index in [1.165, 1.54) is 33.5 Å². The molecule has 1 aromatic heterocycles. The van der Waals surface area contributed by atoms with Crippen LogP contribution in [0.5, 0.6) is 5.75 Å². The Bertz CT molecular complexity index is 1660. The van der Waals surface area contributed by atoms with Gasteiger partial charge in [0.2, 0.25) is 0 Å². The minimum atomic E-state index is -0.600. The second-order valence-electron chi connectivity index (χ2n) is 11.6. The summed E-state index contributed by atoms with van der Waals surface area (Å²) in [5.41, 5.74) is 3.23. The molecule has 2 bridgehead atoms. The van der Waals surface area contributed by atoms with Crippen LogP contribution in [-0.4, -0.2) is 40.8 Å². The monoisotopic (exact) mass is 515 g/mol. The van der Waals surface area contributed by atoms with Gasteiger partial charge >= 0.3 is 0 Å². The first-order chi connectivity index (χ1) is 19.1. The summed E-state index contributed by atoms with van der Waals surface area (Å²) in [6.45, 7) is 7.21. The molecule has 5 unspecified atom stereocenters. The lowest BCUT2D eigenvalue weighted by molar-refractivity contribution is -0.984. The third-order valence-electron chi connectivity index (χ3n) is 9.70. The van der Waals surface area contributed by atoms with Gasteiger partial charge in [-0.1, -0.05) is 54.6 Å². The average molecular weight is 516 g/mol. The van der Waals surface area contributed by atoms with E-state index >= 15 is 0 Å². The largest absolute Gasteiger partial charge is 0.497 e. The molecule has 0 spiro atoms. The minimum Gasteiger partial charge on any atom is -0.497 e. The van der Waals surface area contributed by atoms with Crippen molar-refractivity contribution in [2.45, 2.75) is 31.5 Å². The molecule has 196 valence electrons. The third-order valence-corrected chi connectivity index (χ3v) is 9.70. The summed E-state index contributed by atoms with van der Waals surface area (Å²) in [4.78, 5) is 4.59. The zero-order valence-electron chi connectivity index (χ0n) is 22.5. The van der Waals surface area contributed by atoms with Crippen molar-refractivity contribution in [3.8, 4) is 5.75 Å². The van der Waals surface area contributed by atoms with Crippen molar-refractivity contribution in [3.05, 3.63) is 109 Å². The number of aliphatic hydroxyl groups excluding tert-OH is 1. The van der Waals surface area contributed by atoms with Gasteiger partial charge in [0.15, 0.2) is 0 Å². The molecule has 4 nitrogen and oxygen atoms in total. The van der Waals surface area contributed by atoms with Crippen molar-refractivity contribution in [3.63, 3.8) is 0 Å². The molecule has 5 atom stereocenters. The number of hydrogen-bond acceptors (Lipinski definition) is 3. The Balaban J connectivity index is 1.39. The first-order valence-electron chi connectivity index (χ1n) is 14.1. The molecule has 4 aromatic carbocycles. The van der Waals surface area contributed by atoms with Gasteiger partial charge in [0.1, 0.15) is 24.4 Å². The van der Waals surface area contributed by atoms with Crippen LogP contribution in [-0.2, 0) is 6.54 Å². The summed E-state index contributed by atoms with van der Waals surface area (Å²) in [5.74, 6) is 1.82. The van der Waals surface area contributed by atoms with Crippen molar-refractivity contribution in [1.29, 1.82) is 0 Å². The van der Waals surface area contributed by atoms with E-state index < -0.39 is 6.10 Å². The van der Waals surface area contributed by atoms with E-state index in [9.17, 15) is 5.11 Å². The number of ether oxygens (including phenoxy) is 1. The molecule has 1 N–H and O–H groups in total. The Hall–Kier alpha value is -3.73. The van der Waals surface area contributed by atoms with Crippen LogP contribution >= 0.6 is 0 Å². The Morgan fingerprint density at radius 3 is 2.46 bits per heavy atom. The molecule has 3 saturated heterocycles. The molecule has 4 heteroatoms. The maximum absolute atomic E-state index is 12.2. The number of pyridine rings is 1. The van der Waals surface area contributed by atoms with E-state index in [0.717, 1.165) is 52.8 Å². The summed E-state index contributed by atoms with van der Waals surface area (Å²) >= 11 is 0. The predicted molar refractivity (Wildman–Crippen MR) is 159 cm³/mol. The number of nitrogens with zero attached hydrogens (tertiary/aromatic N) is 2. The quantitative estimate of drug-likeness (QED) is 0.148. The number of methoxy groups -OCH3 is 1. The number of hydrogen-bond donors (Lipinski definition) is 1. The topological polar surface area (TPSA) is 42.4 Å². The van der Waals surface area contributed by atoms with Gasteiger partial charge in [-0.3, -0.25) is 4.98 Å². The molecule has 3 fully saturated rings. The van der Waals surface area contributed by atoms with Crippen LogP contribution in [0.2, 0.25) is 0 Å². The van der Waals surface area contributed by atoms with Gasteiger partial charge in [-0.15, -0.1) is 6.58 Å². The summed E-state index contributed by atoms with van der Waals surface area (Å²) < 4.78 is 6.41. The second kappa shape index (κ2) is 9.48. The first kappa shape index (κ1) is 24.3. The van der Waals surface area contributed by atoms with Crippen LogP contribution in [0.15, 0.2) is 97.7 Å². The van der Waals surface area contributed by atoms with E-state index in [1.807, 2.05) is 30.5 Å². The zero-order chi connectivity index (χ0) is 26.6. The molecular weight excluding hydrogens is 480 g/mol. The van der Waals surface area contributed by atoms with Crippen molar-refractivity contribution in [1.82, 2.24) is 4.98 Å². The molecule has 5 aromatic rings. The third kappa shape index (κ3) is 3.93. The molecule has 0 radical (unpaired) electrons. The van der Waals surface area contributed by atoms with E-state index in [4.69, 9.17) is 4.74 Å². The summed E-state index contributed by atoms with van der Waals surface area (Å²) in [5, 5.41) is 18.4. The second-order valence-corrected chi connectivity index (χ2v) is 11.6. The Morgan fingerprint density at radius 2 is 1.74 bits per heavy atom. The molecule has 4 heterocycles. The maximum atomic E-state index is 12.2.